The van der Waals surface area contributed by atoms with E-state index in [1.54, 1.807) is 23.4 Å². The number of amides is 1. The third-order valence-electron chi connectivity index (χ3n) is 3.75. The second kappa shape index (κ2) is 9.29. The number of sulfonamides is 1. The minimum Gasteiger partial charge on any atom is -0.337 e. The van der Waals surface area contributed by atoms with Crippen LogP contribution in [0.15, 0.2) is 54.9 Å². The van der Waals surface area contributed by atoms with E-state index in [-0.39, 0.29) is 18.2 Å². The highest BCUT2D eigenvalue weighted by Gasteiger charge is 2.13. The molecule has 0 atom stereocenters. The van der Waals surface area contributed by atoms with Crippen LogP contribution in [-0.4, -0.2) is 43.1 Å². The highest BCUT2D eigenvalue weighted by atomic mass is 32.2. The summed E-state index contributed by atoms with van der Waals surface area (Å²) in [5, 5.41) is 0. The number of aromatic nitrogens is 1. The van der Waals surface area contributed by atoms with Gasteiger partial charge in [0.1, 0.15) is 0 Å². The number of carbonyl (C=O) groups is 1. The largest absolute Gasteiger partial charge is 0.337 e. The molecule has 0 aliphatic rings. The van der Waals surface area contributed by atoms with Gasteiger partial charge in [0.25, 0.3) is 0 Å². The molecule has 1 aromatic carbocycles. The van der Waals surface area contributed by atoms with Crippen molar-refractivity contribution in [3.05, 3.63) is 66.0 Å². The topological polar surface area (TPSA) is 79.4 Å². The Bertz CT molecular complexity index is 765. The van der Waals surface area contributed by atoms with Crippen LogP contribution >= 0.6 is 0 Å². The lowest BCUT2D eigenvalue weighted by Crippen LogP contribution is -2.38. The van der Waals surface area contributed by atoms with Crippen molar-refractivity contribution in [2.45, 2.75) is 19.9 Å². The summed E-state index contributed by atoms with van der Waals surface area (Å²) in [5.74, 6) is -0.0768. The lowest BCUT2D eigenvalue weighted by molar-refractivity contribution is -0.129. The molecule has 1 N–H and O–H groups in total. The van der Waals surface area contributed by atoms with Gasteiger partial charge >= 0.3 is 0 Å². The predicted octanol–water partition coefficient (Wildman–Crippen LogP) is 1.59. The van der Waals surface area contributed by atoms with E-state index in [9.17, 15) is 13.2 Å². The predicted molar refractivity (Wildman–Crippen MR) is 97.3 cm³/mol. The summed E-state index contributed by atoms with van der Waals surface area (Å²) in [4.78, 5) is 17.4. The Labute approximate surface area is 148 Å². The van der Waals surface area contributed by atoms with Crippen LogP contribution in [0.25, 0.3) is 0 Å². The number of nitrogens with zero attached hydrogens (tertiary/aromatic N) is 2. The zero-order valence-electron chi connectivity index (χ0n) is 14.3. The van der Waals surface area contributed by atoms with Crippen LogP contribution < -0.4 is 4.72 Å². The molecule has 0 unspecified atom stereocenters. The highest BCUT2D eigenvalue weighted by molar-refractivity contribution is 7.89. The first-order chi connectivity index (χ1) is 12.0. The zero-order valence-corrected chi connectivity index (χ0v) is 15.1. The minimum atomic E-state index is -3.37. The van der Waals surface area contributed by atoms with Crippen molar-refractivity contribution in [1.82, 2.24) is 14.6 Å². The molecular weight excluding hydrogens is 338 g/mol. The van der Waals surface area contributed by atoms with Gasteiger partial charge in [0.15, 0.2) is 0 Å². The number of rotatable bonds is 9. The molecule has 0 spiro atoms. The Hall–Kier alpha value is -2.25. The van der Waals surface area contributed by atoms with Crippen molar-refractivity contribution >= 4 is 15.9 Å². The summed E-state index contributed by atoms with van der Waals surface area (Å²) in [5.41, 5.74) is 1.89. The van der Waals surface area contributed by atoms with Gasteiger partial charge in [-0.05, 0) is 23.6 Å². The summed E-state index contributed by atoms with van der Waals surface area (Å²) in [7, 11) is -3.37. The molecule has 2 rings (SSSR count). The Morgan fingerprint density at radius 2 is 1.84 bits per heavy atom. The van der Waals surface area contributed by atoms with Crippen LogP contribution in [0.5, 0.6) is 0 Å². The SMILES string of the molecule is CC(=O)N(CCNS(=O)(=O)CCc1ccccc1)Cc1cccnc1. The normalized spacial score (nSPS) is 11.2. The molecule has 0 aliphatic carbocycles. The van der Waals surface area contributed by atoms with Gasteiger partial charge in [-0.2, -0.15) is 0 Å². The van der Waals surface area contributed by atoms with Crippen LogP contribution in [0.4, 0.5) is 0 Å². The van der Waals surface area contributed by atoms with Crippen LogP contribution in [0.3, 0.4) is 0 Å². The molecule has 134 valence electrons. The van der Waals surface area contributed by atoms with Crippen molar-refractivity contribution in [2.75, 3.05) is 18.8 Å². The molecule has 25 heavy (non-hydrogen) atoms. The van der Waals surface area contributed by atoms with E-state index in [0.29, 0.717) is 19.5 Å². The smallest absolute Gasteiger partial charge is 0.219 e. The summed E-state index contributed by atoms with van der Waals surface area (Å²) in [6, 6.07) is 13.2. The van der Waals surface area contributed by atoms with E-state index in [2.05, 4.69) is 9.71 Å². The second-order valence-electron chi connectivity index (χ2n) is 5.75. The summed E-state index contributed by atoms with van der Waals surface area (Å²) in [6.45, 7) is 2.39. The van der Waals surface area contributed by atoms with Gasteiger partial charge in [-0.1, -0.05) is 36.4 Å². The van der Waals surface area contributed by atoms with Gasteiger partial charge in [-0.3, -0.25) is 9.78 Å². The average molecular weight is 361 g/mol. The lowest BCUT2D eigenvalue weighted by atomic mass is 10.2. The maximum absolute atomic E-state index is 12.1. The third-order valence-corrected chi connectivity index (χ3v) is 5.13. The first-order valence-electron chi connectivity index (χ1n) is 8.12. The molecule has 7 heteroatoms. The summed E-state index contributed by atoms with van der Waals surface area (Å²) >= 11 is 0. The molecule has 1 aromatic heterocycles. The molecule has 0 aliphatic heterocycles. The number of benzene rings is 1. The molecule has 1 heterocycles. The first-order valence-corrected chi connectivity index (χ1v) is 9.77. The van der Waals surface area contributed by atoms with E-state index in [1.807, 2.05) is 36.4 Å². The average Bonchev–Trinajstić information content (AvgIpc) is 2.61. The quantitative estimate of drug-likeness (QED) is 0.736. The molecule has 0 fully saturated rings. The van der Waals surface area contributed by atoms with Crippen molar-refractivity contribution < 1.29 is 13.2 Å². The van der Waals surface area contributed by atoms with Gasteiger partial charge < -0.3 is 4.90 Å². The van der Waals surface area contributed by atoms with E-state index < -0.39 is 10.0 Å². The first kappa shape index (κ1) is 19.1. The van der Waals surface area contributed by atoms with Gasteiger partial charge in [0.05, 0.1) is 5.75 Å². The second-order valence-corrected chi connectivity index (χ2v) is 7.68. The fourth-order valence-electron chi connectivity index (χ4n) is 2.37. The van der Waals surface area contributed by atoms with Gasteiger partial charge in [0.2, 0.25) is 15.9 Å². The standard InChI is InChI=1S/C18H23N3O3S/c1-16(22)21(15-18-8-5-10-19-14-18)12-11-20-25(23,24)13-9-17-6-3-2-4-7-17/h2-8,10,14,20H,9,11-13,15H2,1H3. The van der Waals surface area contributed by atoms with Crippen LogP contribution in [-0.2, 0) is 27.8 Å². The number of hydrogen-bond donors (Lipinski definition) is 1. The number of carbonyl (C=O) groups excluding carboxylic acids is 1. The molecule has 6 nitrogen and oxygen atoms in total. The van der Waals surface area contributed by atoms with Crippen LogP contribution in [0, 0.1) is 0 Å². The van der Waals surface area contributed by atoms with E-state index in [1.165, 1.54) is 6.92 Å². The monoisotopic (exact) mass is 361 g/mol. The van der Waals surface area contributed by atoms with Crippen molar-refractivity contribution in [1.29, 1.82) is 0 Å². The molecule has 0 saturated heterocycles. The molecule has 0 saturated carbocycles. The maximum atomic E-state index is 12.1. The van der Waals surface area contributed by atoms with Crippen LogP contribution in [0.1, 0.15) is 18.1 Å². The molecule has 0 bridgehead atoms. The fraction of sp³-hybridized carbons (Fsp3) is 0.333. The lowest BCUT2D eigenvalue weighted by Gasteiger charge is -2.21. The Kier molecular flexibility index (Phi) is 7.09. The van der Waals surface area contributed by atoms with Gasteiger partial charge in [0, 0.05) is 39.0 Å². The Morgan fingerprint density at radius 3 is 2.48 bits per heavy atom. The number of pyridine rings is 1. The van der Waals surface area contributed by atoms with E-state index in [4.69, 9.17) is 0 Å². The molecule has 0 radical (unpaired) electrons. The Morgan fingerprint density at radius 1 is 1.12 bits per heavy atom. The summed E-state index contributed by atoms with van der Waals surface area (Å²) < 4.78 is 26.7. The van der Waals surface area contributed by atoms with Crippen molar-refractivity contribution in [3.63, 3.8) is 0 Å². The third kappa shape index (κ3) is 7.03. The molecule has 2 aromatic rings. The molecule has 1 amide bonds. The van der Waals surface area contributed by atoms with E-state index >= 15 is 0 Å². The highest BCUT2D eigenvalue weighted by Crippen LogP contribution is 2.04. The maximum Gasteiger partial charge on any atom is 0.219 e. The van der Waals surface area contributed by atoms with Gasteiger partial charge in [-0.25, -0.2) is 13.1 Å². The minimum absolute atomic E-state index is 0.0275. The fourth-order valence-corrected chi connectivity index (χ4v) is 3.42. The summed E-state index contributed by atoms with van der Waals surface area (Å²) in [6.07, 6.45) is 3.82. The Balaban J connectivity index is 1.81. The number of hydrogen-bond acceptors (Lipinski definition) is 4. The van der Waals surface area contributed by atoms with Crippen molar-refractivity contribution in [2.24, 2.45) is 0 Å². The number of nitrogens with one attached hydrogen (secondary N) is 1. The zero-order chi connectivity index (χ0) is 18.1. The van der Waals surface area contributed by atoms with Crippen molar-refractivity contribution in [3.8, 4) is 0 Å². The molecular formula is C18H23N3O3S. The van der Waals surface area contributed by atoms with Gasteiger partial charge in [-0.15, -0.1) is 0 Å². The van der Waals surface area contributed by atoms with Crippen LogP contribution in [0.2, 0.25) is 0 Å². The van der Waals surface area contributed by atoms with E-state index in [0.717, 1.165) is 11.1 Å². The number of aryl methyl sites for hydroxylation is 1.